The van der Waals surface area contributed by atoms with Crippen LogP contribution in [0.15, 0.2) is 24.3 Å². The van der Waals surface area contributed by atoms with Crippen molar-refractivity contribution in [2.24, 2.45) is 11.8 Å². The van der Waals surface area contributed by atoms with Gasteiger partial charge in [0, 0.05) is 11.7 Å². The molecule has 2 unspecified atom stereocenters. The van der Waals surface area contributed by atoms with Gasteiger partial charge in [-0.1, -0.05) is 26.7 Å². The average molecular weight is 289 g/mol. The SMILES string of the molecule is COC(=O)c1ccc(NC2CCCC(CC(C)C)C2)cc1. The van der Waals surface area contributed by atoms with Gasteiger partial charge in [-0.3, -0.25) is 0 Å². The van der Waals surface area contributed by atoms with Crippen LogP contribution in [0.3, 0.4) is 0 Å². The maximum Gasteiger partial charge on any atom is 0.337 e. The van der Waals surface area contributed by atoms with Crippen molar-refractivity contribution in [3.63, 3.8) is 0 Å². The Kier molecular flexibility index (Phi) is 5.66. The molecule has 1 fully saturated rings. The third-order valence-electron chi connectivity index (χ3n) is 4.26. The fourth-order valence-electron chi connectivity index (χ4n) is 3.36. The Hall–Kier alpha value is -1.51. The summed E-state index contributed by atoms with van der Waals surface area (Å²) in [6, 6.07) is 8.15. The third-order valence-corrected chi connectivity index (χ3v) is 4.26. The number of hydrogen-bond donors (Lipinski definition) is 1. The number of anilines is 1. The van der Waals surface area contributed by atoms with Crippen LogP contribution in [0.1, 0.15) is 56.3 Å². The number of carbonyl (C=O) groups is 1. The summed E-state index contributed by atoms with van der Waals surface area (Å²) in [6.07, 6.45) is 6.52. The number of esters is 1. The summed E-state index contributed by atoms with van der Waals surface area (Å²) < 4.78 is 4.72. The third kappa shape index (κ3) is 4.76. The molecule has 116 valence electrons. The average Bonchev–Trinajstić information content (AvgIpc) is 2.47. The van der Waals surface area contributed by atoms with Crippen LogP contribution in [0.25, 0.3) is 0 Å². The summed E-state index contributed by atoms with van der Waals surface area (Å²) >= 11 is 0. The Labute approximate surface area is 128 Å². The van der Waals surface area contributed by atoms with Crippen LogP contribution in [0, 0.1) is 11.8 Å². The van der Waals surface area contributed by atoms with E-state index >= 15 is 0 Å². The summed E-state index contributed by atoms with van der Waals surface area (Å²) in [4.78, 5) is 11.4. The number of nitrogens with one attached hydrogen (secondary N) is 1. The molecule has 0 heterocycles. The summed E-state index contributed by atoms with van der Waals surface area (Å²) in [5, 5.41) is 3.62. The van der Waals surface area contributed by atoms with Gasteiger partial charge in [0.15, 0.2) is 0 Å². The van der Waals surface area contributed by atoms with Crippen LogP contribution in [0.4, 0.5) is 5.69 Å². The molecule has 0 radical (unpaired) electrons. The lowest BCUT2D eigenvalue weighted by molar-refractivity contribution is 0.0601. The van der Waals surface area contributed by atoms with Gasteiger partial charge >= 0.3 is 5.97 Å². The van der Waals surface area contributed by atoms with Crippen molar-refractivity contribution in [2.75, 3.05) is 12.4 Å². The van der Waals surface area contributed by atoms with Crippen molar-refractivity contribution in [3.8, 4) is 0 Å². The number of rotatable bonds is 5. The minimum atomic E-state index is -0.281. The summed E-state index contributed by atoms with van der Waals surface area (Å²) in [7, 11) is 1.41. The molecule has 0 aliphatic heterocycles. The van der Waals surface area contributed by atoms with Crippen LogP contribution in [-0.2, 0) is 4.74 Å². The van der Waals surface area contributed by atoms with Crippen LogP contribution in [-0.4, -0.2) is 19.1 Å². The molecule has 3 nitrogen and oxygen atoms in total. The molecule has 0 saturated heterocycles. The zero-order chi connectivity index (χ0) is 15.2. The number of hydrogen-bond acceptors (Lipinski definition) is 3. The zero-order valence-electron chi connectivity index (χ0n) is 13.4. The molecule has 1 aromatic carbocycles. The molecule has 1 saturated carbocycles. The molecule has 1 aliphatic carbocycles. The van der Waals surface area contributed by atoms with E-state index in [1.165, 1.54) is 39.2 Å². The number of benzene rings is 1. The highest BCUT2D eigenvalue weighted by atomic mass is 16.5. The highest BCUT2D eigenvalue weighted by molar-refractivity contribution is 5.89. The van der Waals surface area contributed by atoms with Crippen molar-refractivity contribution >= 4 is 11.7 Å². The first-order valence-electron chi connectivity index (χ1n) is 8.03. The van der Waals surface area contributed by atoms with Crippen LogP contribution >= 0.6 is 0 Å². The predicted molar refractivity (Wildman–Crippen MR) is 86.6 cm³/mol. The van der Waals surface area contributed by atoms with E-state index in [9.17, 15) is 4.79 Å². The molecule has 3 heteroatoms. The zero-order valence-corrected chi connectivity index (χ0v) is 13.4. The monoisotopic (exact) mass is 289 g/mol. The fourth-order valence-corrected chi connectivity index (χ4v) is 3.36. The van der Waals surface area contributed by atoms with E-state index < -0.39 is 0 Å². The second kappa shape index (κ2) is 7.48. The van der Waals surface area contributed by atoms with E-state index in [2.05, 4.69) is 19.2 Å². The van der Waals surface area contributed by atoms with Gasteiger partial charge in [0.05, 0.1) is 12.7 Å². The van der Waals surface area contributed by atoms with E-state index in [0.717, 1.165) is 17.5 Å². The smallest absolute Gasteiger partial charge is 0.337 e. The number of carbonyl (C=O) groups excluding carboxylic acids is 1. The second-order valence-corrected chi connectivity index (χ2v) is 6.57. The normalized spacial score (nSPS) is 22.1. The van der Waals surface area contributed by atoms with Crippen molar-refractivity contribution in [3.05, 3.63) is 29.8 Å². The molecule has 1 N–H and O–H groups in total. The quantitative estimate of drug-likeness (QED) is 0.812. The summed E-state index contributed by atoms with van der Waals surface area (Å²) in [5.41, 5.74) is 1.70. The van der Waals surface area contributed by atoms with Crippen molar-refractivity contribution in [2.45, 2.75) is 52.0 Å². The molecule has 2 rings (SSSR count). The lowest BCUT2D eigenvalue weighted by Gasteiger charge is -2.31. The van der Waals surface area contributed by atoms with Crippen molar-refractivity contribution in [1.82, 2.24) is 0 Å². The van der Waals surface area contributed by atoms with E-state index in [1.807, 2.05) is 24.3 Å². The standard InChI is InChI=1S/C18H27NO2/c1-13(2)11-14-5-4-6-17(12-14)19-16-9-7-15(8-10-16)18(20)21-3/h7-10,13-14,17,19H,4-6,11-12H2,1-3H3. The predicted octanol–water partition coefficient (Wildman–Crippen LogP) is 4.49. The lowest BCUT2D eigenvalue weighted by Crippen LogP contribution is -2.27. The first kappa shape index (κ1) is 15.9. The van der Waals surface area contributed by atoms with Gasteiger partial charge in [-0.15, -0.1) is 0 Å². The van der Waals surface area contributed by atoms with Gasteiger partial charge < -0.3 is 10.1 Å². The molecule has 1 aliphatic rings. The Balaban J connectivity index is 1.90. The summed E-state index contributed by atoms with van der Waals surface area (Å²) in [5.74, 6) is 1.36. The van der Waals surface area contributed by atoms with Crippen molar-refractivity contribution in [1.29, 1.82) is 0 Å². The maximum atomic E-state index is 11.4. The van der Waals surface area contributed by atoms with Gasteiger partial charge in [-0.25, -0.2) is 4.79 Å². The molecule has 0 amide bonds. The van der Waals surface area contributed by atoms with Gasteiger partial charge in [0.1, 0.15) is 0 Å². The lowest BCUT2D eigenvalue weighted by atomic mass is 9.81. The van der Waals surface area contributed by atoms with Crippen LogP contribution in [0.2, 0.25) is 0 Å². The number of methoxy groups -OCH3 is 1. The second-order valence-electron chi connectivity index (χ2n) is 6.57. The van der Waals surface area contributed by atoms with Gasteiger partial charge in [-0.05, 0) is 55.4 Å². The number of ether oxygens (including phenoxy) is 1. The first-order chi connectivity index (χ1) is 10.1. The highest BCUT2D eigenvalue weighted by Crippen LogP contribution is 2.31. The molecular weight excluding hydrogens is 262 g/mol. The van der Waals surface area contributed by atoms with Gasteiger partial charge in [0.25, 0.3) is 0 Å². The molecule has 2 atom stereocenters. The molecule has 0 aromatic heterocycles. The molecule has 21 heavy (non-hydrogen) atoms. The van der Waals surface area contributed by atoms with Gasteiger partial charge in [-0.2, -0.15) is 0 Å². The van der Waals surface area contributed by atoms with Gasteiger partial charge in [0.2, 0.25) is 0 Å². The largest absolute Gasteiger partial charge is 0.465 e. The van der Waals surface area contributed by atoms with E-state index in [-0.39, 0.29) is 5.97 Å². The Morgan fingerprint density at radius 2 is 2.00 bits per heavy atom. The van der Waals surface area contributed by atoms with Crippen LogP contribution in [0.5, 0.6) is 0 Å². The maximum absolute atomic E-state index is 11.4. The molecular formula is C18H27NO2. The first-order valence-corrected chi connectivity index (χ1v) is 8.03. The molecule has 0 spiro atoms. The van der Waals surface area contributed by atoms with E-state index in [1.54, 1.807) is 0 Å². The van der Waals surface area contributed by atoms with Crippen molar-refractivity contribution < 1.29 is 9.53 Å². The Morgan fingerprint density at radius 3 is 2.62 bits per heavy atom. The summed E-state index contributed by atoms with van der Waals surface area (Å²) in [6.45, 7) is 4.62. The fraction of sp³-hybridized carbons (Fsp3) is 0.611. The van der Waals surface area contributed by atoms with E-state index in [0.29, 0.717) is 11.6 Å². The highest BCUT2D eigenvalue weighted by Gasteiger charge is 2.22. The minimum absolute atomic E-state index is 0.281. The Bertz CT molecular complexity index is 453. The Morgan fingerprint density at radius 1 is 1.29 bits per heavy atom. The molecule has 0 bridgehead atoms. The minimum Gasteiger partial charge on any atom is -0.465 e. The van der Waals surface area contributed by atoms with Crippen LogP contribution < -0.4 is 5.32 Å². The van der Waals surface area contributed by atoms with E-state index in [4.69, 9.17) is 4.74 Å². The topological polar surface area (TPSA) is 38.3 Å². The molecule has 1 aromatic rings.